The standard InChI is InChI=1S/C7H9FN2S/c1-5-9-6-2-3-10(8)4-7(6)11-5/h2-4H2,1H3. The number of rotatable bonds is 0. The van der Waals surface area contributed by atoms with E-state index in [4.69, 9.17) is 0 Å². The molecule has 0 spiro atoms. The van der Waals surface area contributed by atoms with Gasteiger partial charge in [0.05, 0.1) is 17.2 Å². The third-order valence-electron chi connectivity index (χ3n) is 1.79. The summed E-state index contributed by atoms with van der Waals surface area (Å²) < 4.78 is 12.7. The molecule has 0 unspecified atom stereocenters. The first-order valence-corrected chi connectivity index (χ1v) is 4.43. The molecule has 60 valence electrons. The topological polar surface area (TPSA) is 16.1 Å². The van der Waals surface area contributed by atoms with Crippen LogP contribution in [0.5, 0.6) is 0 Å². The quantitative estimate of drug-likeness (QED) is 0.554. The molecule has 4 heteroatoms. The van der Waals surface area contributed by atoms with E-state index >= 15 is 0 Å². The molecule has 0 atom stereocenters. The van der Waals surface area contributed by atoms with Gasteiger partial charge in [-0.05, 0) is 6.92 Å². The third kappa shape index (κ3) is 1.28. The molecule has 0 aromatic carbocycles. The van der Waals surface area contributed by atoms with Crippen molar-refractivity contribution < 1.29 is 4.48 Å². The van der Waals surface area contributed by atoms with Crippen LogP contribution in [0.2, 0.25) is 0 Å². The predicted octanol–water partition coefficient (Wildman–Crippen LogP) is 1.69. The van der Waals surface area contributed by atoms with Crippen LogP contribution in [0.25, 0.3) is 0 Å². The Morgan fingerprint density at radius 2 is 2.45 bits per heavy atom. The van der Waals surface area contributed by atoms with Crippen LogP contribution < -0.4 is 0 Å². The Kier molecular flexibility index (Phi) is 1.65. The van der Waals surface area contributed by atoms with Crippen LogP contribution in [0.1, 0.15) is 15.6 Å². The van der Waals surface area contributed by atoms with Crippen LogP contribution in [-0.2, 0) is 13.0 Å². The molecular formula is C7H9FN2S. The number of aromatic nitrogens is 1. The monoisotopic (exact) mass is 172 g/mol. The highest BCUT2D eigenvalue weighted by molar-refractivity contribution is 7.11. The number of aryl methyl sites for hydroxylation is 1. The largest absolute Gasteiger partial charge is 0.246 e. The van der Waals surface area contributed by atoms with E-state index in [0.717, 1.165) is 27.1 Å². The number of nitrogens with zero attached hydrogens (tertiary/aromatic N) is 2. The highest BCUT2D eigenvalue weighted by Crippen LogP contribution is 2.24. The van der Waals surface area contributed by atoms with Gasteiger partial charge in [-0.25, -0.2) is 4.98 Å². The minimum Gasteiger partial charge on any atom is -0.246 e. The van der Waals surface area contributed by atoms with E-state index in [1.807, 2.05) is 6.92 Å². The average Bonchev–Trinajstić information content (AvgIpc) is 2.27. The molecule has 0 amide bonds. The van der Waals surface area contributed by atoms with Crippen LogP contribution in [-0.4, -0.2) is 16.7 Å². The molecule has 0 N–H and O–H groups in total. The molecular weight excluding hydrogens is 163 g/mol. The minimum atomic E-state index is 0.431. The van der Waals surface area contributed by atoms with E-state index in [0.29, 0.717) is 13.1 Å². The molecule has 0 fully saturated rings. The zero-order valence-electron chi connectivity index (χ0n) is 6.30. The Morgan fingerprint density at radius 1 is 1.64 bits per heavy atom. The Bertz CT molecular complexity index is 271. The molecule has 0 radical (unpaired) electrons. The molecule has 0 bridgehead atoms. The fourth-order valence-corrected chi connectivity index (χ4v) is 2.28. The predicted molar refractivity (Wildman–Crippen MR) is 42.1 cm³/mol. The van der Waals surface area contributed by atoms with Gasteiger partial charge in [0.1, 0.15) is 0 Å². The van der Waals surface area contributed by atoms with Gasteiger partial charge in [-0.1, -0.05) is 0 Å². The second kappa shape index (κ2) is 2.53. The van der Waals surface area contributed by atoms with Crippen LogP contribution in [0.15, 0.2) is 0 Å². The highest BCUT2D eigenvalue weighted by atomic mass is 32.1. The van der Waals surface area contributed by atoms with Crippen molar-refractivity contribution >= 4 is 11.3 Å². The summed E-state index contributed by atoms with van der Waals surface area (Å²) in [5.74, 6) is 0. The molecule has 1 aromatic rings. The van der Waals surface area contributed by atoms with Crippen molar-refractivity contribution in [1.29, 1.82) is 0 Å². The molecule has 1 aromatic heterocycles. The number of fused-ring (bicyclic) bond motifs is 1. The normalized spacial score (nSPS) is 18.4. The fraction of sp³-hybridized carbons (Fsp3) is 0.571. The van der Waals surface area contributed by atoms with Crippen molar-refractivity contribution in [3.05, 3.63) is 15.6 Å². The SMILES string of the molecule is Cc1nc2c(s1)CN(F)CC2. The zero-order chi connectivity index (χ0) is 7.84. The summed E-state index contributed by atoms with van der Waals surface area (Å²) in [5, 5.41) is 1.89. The third-order valence-corrected chi connectivity index (χ3v) is 2.79. The summed E-state index contributed by atoms with van der Waals surface area (Å²) in [6.07, 6.45) is 0.760. The van der Waals surface area contributed by atoms with Crippen LogP contribution in [0.3, 0.4) is 0 Å². The van der Waals surface area contributed by atoms with Gasteiger partial charge in [0, 0.05) is 17.8 Å². The van der Waals surface area contributed by atoms with E-state index < -0.39 is 0 Å². The van der Waals surface area contributed by atoms with Crippen molar-refractivity contribution in [1.82, 2.24) is 10.1 Å². The van der Waals surface area contributed by atoms with Gasteiger partial charge in [-0.15, -0.1) is 20.9 Å². The van der Waals surface area contributed by atoms with Crippen molar-refractivity contribution in [2.75, 3.05) is 6.54 Å². The van der Waals surface area contributed by atoms with E-state index in [9.17, 15) is 4.48 Å². The molecule has 1 aliphatic rings. The first kappa shape index (κ1) is 7.18. The summed E-state index contributed by atoms with van der Waals surface area (Å²) in [5.41, 5.74) is 1.10. The molecule has 0 saturated carbocycles. The Morgan fingerprint density at radius 3 is 3.27 bits per heavy atom. The van der Waals surface area contributed by atoms with Crippen molar-refractivity contribution in [2.45, 2.75) is 19.9 Å². The summed E-state index contributed by atoms with van der Waals surface area (Å²) in [6, 6.07) is 0. The second-order valence-electron chi connectivity index (χ2n) is 2.70. The minimum absolute atomic E-state index is 0.431. The Hall–Kier alpha value is -0.480. The van der Waals surface area contributed by atoms with Gasteiger partial charge in [-0.2, -0.15) is 0 Å². The first-order valence-electron chi connectivity index (χ1n) is 3.61. The molecule has 2 rings (SSSR count). The van der Waals surface area contributed by atoms with Gasteiger partial charge in [0.2, 0.25) is 0 Å². The number of halogens is 1. The lowest BCUT2D eigenvalue weighted by Gasteiger charge is -2.15. The van der Waals surface area contributed by atoms with Crippen LogP contribution >= 0.6 is 11.3 Å². The number of thiazole rings is 1. The average molecular weight is 172 g/mol. The molecule has 0 saturated heterocycles. The van der Waals surface area contributed by atoms with E-state index in [1.54, 1.807) is 11.3 Å². The van der Waals surface area contributed by atoms with E-state index in [2.05, 4.69) is 4.98 Å². The van der Waals surface area contributed by atoms with Gasteiger partial charge >= 0.3 is 0 Å². The van der Waals surface area contributed by atoms with Crippen LogP contribution in [0, 0.1) is 6.92 Å². The number of hydrogen-bond acceptors (Lipinski definition) is 3. The summed E-state index contributed by atoms with van der Waals surface area (Å²) in [7, 11) is 0. The van der Waals surface area contributed by atoms with Crippen molar-refractivity contribution in [3.8, 4) is 0 Å². The van der Waals surface area contributed by atoms with Gasteiger partial charge in [-0.3, -0.25) is 0 Å². The van der Waals surface area contributed by atoms with Gasteiger partial charge in [0.15, 0.2) is 0 Å². The van der Waals surface area contributed by atoms with E-state index in [1.165, 1.54) is 0 Å². The lowest BCUT2D eigenvalue weighted by Crippen LogP contribution is -2.21. The molecule has 0 aliphatic carbocycles. The van der Waals surface area contributed by atoms with Gasteiger partial charge in [0.25, 0.3) is 0 Å². The second-order valence-corrected chi connectivity index (χ2v) is 3.98. The smallest absolute Gasteiger partial charge is 0.0900 e. The van der Waals surface area contributed by atoms with Crippen molar-refractivity contribution in [2.24, 2.45) is 0 Å². The molecule has 2 heterocycles. The lowest BCUT2D eigenvalue weighted by atomic mass is 10.2. The molecule has 11 heavy (non-hydrogen) atoms. The Labute approximate surface area is 68.6 Å². The lowest BCUT2D eigenvalue weighted by molar-refractivity contribution is 0.0112. The van der Waals surface area contributed by atoms with Crippen LogP contribution in [0.4, 0.5) is 4.48 Å². The summed E-state index contributed by atoms with van der Waals surface area (Å²) in [6.45, 7) is 2.89. The first-order chi connectivity index (χ1) is 5.25. The van der Waals surface area contributed by atoms with Crippen molar-refractivity contribution in [3.63, 3.8) is 0 Å². The maximum absolute atomic E-state index is 12.7. The molecule has 1 aliphatic heterocycles. The maximum atomic E-state index is 12.7. The zero-order valence-corrected chi connectivity index (χ0v) is 7.12. The summed E-state index contributed by atoms with van der Waals surface area (Å²) in [4.78, 5) is 5.40. The van der Waals surface area contributed by atoms with E-state index in [-0.39, 0.29) is 0 Å². The molecule has 2 nitrogen and oxygen atoms in total. The Balaban J connectivity index is 2.34. The fourth-order valence-electron chi connectivity index (χ4n) is 1.29. The maximum Gasteiger partial charge on any atom is 0.0900 e. The highest BCUT2D eigenvalue weighted by Gasteiger charge is 2.18. The summed E-state index contributed by atoms with van der Waals surface area (Å²) >= 11 is 1.60. The number of hydrogen-bond donors (Lipinski definition) is 0. The van der Waals surface area contributed by atoms with Gasteiger partial charge < -0.3 is 0 Å².